The van der Waals surface area contributed by atoms with E-state index in [4.69, 9.17) is 10.5 Å². The monoisotopic (exact) mass is 287 g/mol. The van der Waals surface area contributed by atoms with Gasteiger partial charge in [-0.25, -0.2) is 8.42 Å². The van der Waals surface area contributed by atoms with Crippen LogP contribution in [-0.4, -0.2) is 45.3 Å². The molecule has 0 saturated carbocycles. The van der Waals surface area contributed by atoms with Crippen LogP contribution in [0.25, 0.3) is 0 Å². The van der Waals surface area contributed by atoms with E-state index >= 15 is 0 Å². The number of rotatable bonds is 7. The number of carbonyl (C=O) groups is 1. The number of sulfone groups is 1. The van der Waals surface area contributed by atoms with Gasteiger partial charge in [-0.2, -0.15) is 0 Å². The maximum atomic E-state index is 12.0. The van der Waals surface area contributed by atoms with Gasteiger partial charge in [-0.05, 0) is 12.5 Å². The third kappa shape index (κ3) is 4.84. The zero-order valence-electron chi connectivity index (χ0n) is 10.6. The minimum atomic E-state index is -3.74. The summed E-state index contributed by atoms with van der Waals surface area (Å²) in [4.78, 5) is 15.1. The van der Waals surface area contributed by atoms with Crippen molar-refractivity contribution in [3.8, 4) is 0 Å². The molecule has 1 aromatic rings. The lowest BCUT2D eigenvalue weighted by molar-refractivity contribution is -0.118. The fraction of sp³-hybridized carbons (Fsp3) is 0.455. The molecule has 19 heavy (non-hydrogen) atoms. The number of hydrogen-bond donors (Lipinski definition) is 2. The van der Waals surface area contributed by atoms with Crippen LogP contribution in [0.5, 0.6) is 0 Å². The summed E-state index contributed by atoms with van der Waals surface area (Å²) < 4.78 is 28.7. The Morgan fingerprint density at radius 3 is 2.89 bits per heavy atom. The molecule has 0 atom stereocenters. The van der Waals surface area contributed by atoms with E-state index in [0.29, 0.717) is 19.6 Å². The molecule has 0 radical (unpaired) electrons. The topological polar surface area (TPSA) is 111 Å². The van der Waals surface area contributed by atoms with Crippen molar-refractivity contribution in [2.24, 2.45) is 0 Å². The number of methoxy groups -OCH3 is 1. The van der Waals surface area contributed by atoms with Crippen molar-refractivity contribution in [2.45, 2.75) is 11.3 Å². The van der Waals surface area contributed by atoms with E-state index in [1.807, 2.05) is 0 Å². The smallest absolute Gasteiger partial charge is 0.235 e. The molecule has 1 amide bonds. The van der Waals surface area contributed by atoms with E-state index in [9.17, 15) is 13.2 Å². The van der Waals surface area contributed by atoms with Crippen molar-refractivity contribution in [3.05, 3.63) is 18.5 Å². The highest BCUT2D eigenvalue weighted by Gasteiger charge is 2.21. The van der Waals surface area contributed by atoms with Gasteiger partial charge in [0.05, 0.1) is 16.8 Å². The number of nitrogens with one attached hydrogen (secondary N) is 1. The summed E-state index contributed by atoms with van der Waals surface area (Å²) in [6, 6.07) is 1.28. The number of pyridine rings is 1. The summed E-state index contributed by atoms with van der Waals surface area (Å²) in [5.41, 5.74) is 5.57. The second-order valence-electron chi connectivity index (χ2n) is 3.87. The van der Waals surface area contributed by atoms with Gasteiger partial charge < -0.3 is 15.8 Å². The molecule has 106 valence electrons. The molecule has 0 unspecified atom stereocenters. The fourth-order valence-corrected chi connectivity index (χ4v) is 2.71. The molecule has 1 heterocycles. The lowest BCUT2D eigenvalue weighted by Gasteiger charge is -2.07. The molecule has 1 rings (SSSR count). The average molecular weight is 287 g/mol. The first kappa shape index (κ1) is 15.4. The lowest BCUT2D eigenvalue weighted by Crippen LogP contribution is -2.31. The number of amides is 1. The molecule has 0 spiro atoms. The highest BCUT2D eigenvalue weighted by molar-refractivity contribution is 7.92. The minimum absolute atomic E-state index is 0.0367. The second-order valence-corrected chi connectivity index (χ2v) is 5.83. The first-order valence-electron chi connectivity index (χ1n) is 5.65. The average Bonchev–Trinajstić information content (AvgIpc) is 2.34. The number of aromatic nitrogens is 1. The minimum Gasteiger partial charge on any atom is -0.396 e. The van der Waals surface area contributed by atoms with Gasteiger partial charge in [0, 0.05) is 26.5 Å². The molecule has 0 aromatic carbocycles. The lowest BCUT2D eigenvalue weighted by atomic mass is 10.4. The maximum absolute atomic E-state index is 12.0. The maximum Gasteiger partial charge on any atom is 0.235 e. The second kappa shape index (κ2) is 7.05. The van der Waals surface area contributed by atoms with Crippen molar-refractivity contribution in [2.75, 3.05) is 31.7 Å². The molecule has 0 aliphatic carbocycles. The standard InChI is InChI=1S/C11H17N3O4S/c1-18-6-2-4-14-11(15)8-19(16,17)10-3-5-13-7-9(10)12/h3,5,7H,2,4,6,8,12H2,1H3,(H,14,15). The number of anilines is 1. The van der Waals surface area contributed by atoms with Crippen molar-refractivity contribution < 1.29 is 17.9 Å². The Bertz CT molecular complexity index is 530. The van der Waals surface area contributed by atoms with Gasteiger partial charge >= 0.3 is 0 Å². The summed E-state index contributed by atoms with van der Waals surface area (Å²) in [5, 5.41) is 2.51. The van der Waals surface area contributed by atoms with Gasteiger partial charge in [-0.15, -0.1) is 0 Å². The highest BCUT2D eigenvalue weighted by Crippen LogP contribution is 2.17. The van der Waals surface area contributed by atoms with E-state index in [1.165, 1.54) is 18.5 Å². The quantitative estimate of drug-likeness (QED) is 0.659. The SMILES string of the molecule is COCCCNC(=O)CS(=O)(=O)c1ccncc1N. The van der Waals surface area contributed by atoms with Crippen molar-refractivity contribution in [1.82, 2.24) is 10.3 Å². The zero-order chi connectivity index (χ0) is 14.3. The molecule has 7 nitrogen and oxygen atoms in total. The Kier molecular flexibility index (Phi) is 5.71. The van der Waals surface area contributed by atoms with Crippen molar-refractivity contribution in [3.63, 3.8) is 0 Å². The summed E-state index contributed by atoms with van der Waals surface area (Å²) in [7, 11) is -2.19. The van der Waals surface area contributed by atoms with Crippen LogP contribution in [0.2, 0.25) is 0 Å². The molecule has 3 N–H and O–H groups in total. The Hall–Kier alpha value is -1.67. The van der Waals surface area contributed by atoms with Gasteiger partial charge in [0.2, 0.25) is 5.91 Å². The predicted octanol–water partition coefficient (Wildman–Crippen LogP) is -0.410. The normalized spacial score (nSPS) is 11.2. The molecule has 8 heteroatoms. The Balaban J connectivity index is 2.60. The first-order chi connectivity index (χ1) is 8.97. The van der Waals surface area contributed by atoms with Gasteiger partial charge in [0.15, 0.2) is 9.84 Å². The fourth-order valence-electron chi connectivity index (χ4n) is 1.42. The van der Waals surface area contributed by atoms with Crippen molar-refractivity contribution >= 4 is 21.4 Å². The number of nitrogens with two attached hydrogens (primary N) is 1. The third-order valence-electron chi connectivity index (χ3n) is 2.31. The van der Waals surface area contributed by atoms with Crippen LogP contribution in [-0.2, 0) is 19.4 Å². The summed E-state index contributed by atoms with van der Waals surface area (Å²) >= 11 is 0. The largest absolute Gasteiger partial charge is 0.396 e. The van der Waals surface area contributed by atoms with E-state index in [0.717, 1.165) is 0 Å². The Morgan fingerprint density at radius 2 is 2.26 bits per heavy atom. The van der Waals surface area contributed by atoms with Gasteiger partial charge in [0.1, 0.15) is 5.75 Å². The zero-order valence-corrected chi connectivity index (χ0v) is 11.4. The van der Waals surface area contributed by atoms with Gasteiger partial charge in [-0.1, -0.05) is 0 Å². The Labute approximate surface area is 112 Å². The van der Waals surface area contributed by atoms with Crippen LogP contribution in [0, 0.1) is 0 Å². The van der Waals surface area contributed by atoms with E-state index in [1.54, 1.807) is 7.11 Å². The van der Waals surface area contributed by atoms with Crippen LogP contribution < -0.4 is 11.1 Å². The van der Waals surface area contributed by atoms with Crippen LogP contribution in [0.15, 0.2) is 23.4 Å². The van der Waals surface area contributed by atoms with Crippen molar-refractivity contribution in [1.29, 1.82) is 0 Å². The highest BCUT2D eigenvalue weighted by atomic mass is 32.2. The molecular weight excluding hydrogens is 270 g/mol. The van der Waals surface area contributed by atoms with Crippen LogP contribution in [0.3, 0.4) is 0 Å². The predicted molar refractivity (Wildman–Crippen MR) is 70.2 cm³/mol. The van der Waals surface area contributed by atoms with Crippen LogP contribution >= 0.6 is 0 Å². The van der Waals surface area contributed by atoms with E-state index in [2.05, 4.69) is 10.3 Å². The molecule has 0 fully saturated rings. The van der Waals surface area contributed by atoms with Crippen LogP contribution in [0.4, 0.5) is 5.69 Å². The Morgan fingerprint density at radius 1 is 1.53 bits per heavy atom. The van der Waals surface area contributed by atoms with Gasteiger partial charge in [-0.3, -0.25) is 9.78 Å². The van der Waals surface area contributed by atoms with Crippen LogP contribution in [0.1, 0.15) is 6.42 Å². The molecule has 0 bridgehead atoms. The number of nitrogens with zero attached hydrogens (tertiary/aromatic N) is 1. The number of ether oxygens (including phenoxy) is 1. The summed E-state index contributed by atoms with van der Waals surface area (Å²) in [5.74, 6) is -1.19. The van der Waals surface area contributed by atoms with E-state index in [-0.39, 0.29) is 10.6 Å². The van der Waals surface area contributed by atoms with E-state index < -0.39 is 21.5 Å². The molecular formula is C11H17N3O4S. The number of nitrogen functional groups attached to an aromatic ring is 1. The van der Waals surface area contributed by atoms with Gasteiger partial charge in [0.25, 0.3) is 0 Å². The summed E-state index contributed by atoms with van der Waals surface area (Å²) in [6.45, 7) is 0.873. The molecule has 0 aliphatic heterocycles. The molecule has 0 aliphatic rings. The first-order valence-corrected chi connectivity index (χ1v) is 7.30. The third-order valence-corrected chi connectivity index (χ3v) is 4.00. The molecule has 1 aromatic heterocycles. The number of hydrogen-bond acceptors (Lipinski definition) is 6. The number of carbonyl (C=O) groups excluding carboxylic acids is 1. The molecule has 0 saturated heterocycles. The summed E-state index contributed by atoms with van der Waals surface area (Å²) in [6.07, 6.45) is 3.18.